The number of carbonyl (C=O) groups excluding carboxylic acids is 1. The van der Waals surface area contributed by atoms with Crippen LogP contribution < -0.4 is 0 Å². The Morgan fingerprint density at radius 3 is 2.93 bits per heavy atom. The van der Waals surface area contributed by atoms with Crippen LogP contribution in [0.15, 0.2) is 18.3 Å². The first-order valence-corrected chi connectivity index (χ1v) is 5.38. The topological polar surface area (TPSA) is 33.2 Å². The van der Waals surface area contributed by atoms with E-state index in [0.29, 0.717) is 0 Å². The molecule has 2 heterocycles. The Morgan fingerprint density at radius 2 is 2.33 bits per heavy atom. The summed E-state index contributed by atoms with van der Waals surface area (Å²) in [6.07, 6.45) is 4.05. The fraction of sp³-hybridized carbons (Fsp3) is 0.500. The van der Waals surface area contributed by atoms with Crippen molar-refractivity contribution in [2.24, 2.45) is 0 Å². The molecule has 3 heteroatoms. The number of pyridine rings is 1. The van der Waals surface area contributed by atoms with Crippen LogP contribution in [0.4, 0.5) is 0 Å². The van der Waals surface area contributed by atoms with Crippen LogP contribution in [0.5, 0.6) is 0 Å². The molecule has 2 rings (SSSR count). The number of nitrogens with zero attached hydrogens (tertiary/aromatic N) is 2. The van der Waals surface area contributed by atoms with Gasteiger partial charge in [-0.15, -0.1) is 0 Å². The van der Waals surface area contributed by atoms with E-state index in [1.807, 2.05) is 24.1 Å². The molecule has 1 aromatic heterocycles. The van der Waals surface area contributed by atoms with Gasteiger partial charge in [-0.2, -0.15) is 0 Å². The summed E-state index contributed by atoms with van der Waals surface area (Å²) in [5.74, 6) is 0.165. The molecule has 0 aliphatic carbocycles. The zero-order valence-corrected chi connectivity index (χ0v) is 9.23. The third-order valence-electron chi connectivity index (χ3n) is 2.98. The summed E-state index contributed by atoms with van der Waals surface area (Å²) in [7, 11) is 0. The summed E-state index contributed by atoms with van der Waals surface area (Å²) in [5.41, 5.74) is 2.18. The predicted octanol–water partition coefficient (Wildman–Crippen LogP) is 2.07. The van der Waals surface area contributed by atoms with E-state index in [-0.39, 0.29) is 11.9 Å². The summed E-state index contributed by atoms with van der Waals surface area (Å²) < 4.78 is 0. The van der Waals surface area contributed by atoms with Crippen LogP contribution in [0.25, 0.3) is 0 Å². The van der Waals surface area contributed by atoms with E-state index < -0.39 is 0 Å². The number of rotatable bonds is 1. The van der Waals surface area contributed by atoms with Crippen molar-refractivity contribution in [3.05, 3.63) is 29.6 Å². The molecule has 1 aliphatic heterocycles. The summed E-state index contributed by atoms with van der Waals surface area (Å²) in [4.78, 5) is 17.6. The Labute approximate surface area is 90.1 Å². The van der Waals surface area contributed by atoms with Crippen molar-refractivity contribution in [1.82, 2.24) is 9.88 Å². The molecule has 1 unspecified atom stereocenters. The minimum atomic E-state index is 0.165. The number of aryl methyl sites for hydroxylation is 1. The standard InChI is InChI=1S/C12H16N2O/c1-9-5-6-11(8-13-9)12-4-3-7-14(12)10(2)15/h5-6,8,12H,3-4,7H2,1-2H3. The van der Waals surface area contributed by atoms with Crippen molar-refractivity contribution in [1.29, 1.82) is 0 Å². The van der Waals surface area contributed by atoms with Gasteiger partial charge in [0.15, 0.2) is 0 Å². The van der Waals surface area contributed by atoms with Crippen LogP contribution in [0.2, 0.25) is 0 Å². The van der Waals surface area contributed by atoms with Crippen molar-refractivity contribution in [2.75, 3.05) is 6.54 Å². The predicted molar refractivity (Wildman–Crippen MR) is 58.3 cm³/mol. The lowest BCUT2D eigenvalue weighted by Gasteiger charge is -2.23. The first-order chi connectivity index (χ1) is 7.18. The third kappa shape index (κ3) is 2.01. The van der Waals surface area contributed by atoms with Crippen molar-refractivity contribution < 1.29 is 4.79 Å². The summed E-state index contributed by atoms with van der Waals surface area (Å²) in [5, 5.41) is 0. The Kier molecular flexibility index (Phi) is 2.71. The van der Waals surface area contributed by atoms with Crippen molar-refractivity contribution in [3.8, 4) is 0 Å². The molecule has 0 saturated carbocycles. The molecule has 1 fully saturated rings. The maximum Gasteiger partial charge on any atom is 0.219 e. The molecule has 1 aromatic rings. The summed E-state index contributed by atoms with van der Waals surface area (Å²) in [6.45, 7) is 4.50. The van der Waals surface area contributed by atoms with Gasteiger partial charge in [0.25, 0.3) is 0 Å². The fourth-order valence-corrected chi connectivity index (χ4v) is 2.17. The molecule has 1 aliphatic rings. The van der Waals surface area contributed by atoms with E-state index in [1.54, 1.807) is 6.92 Å². The van der Waals surface area contributed by atoms with Crippen molar-refractivity contribution in [3.63, 3.8) is 0 Å². The number of amides is 1. The monoisotopic (exact) mass is 204 g/mol. The van der Waals surface area contributed by atoms with E-state index in [2.05, 4.69) is 11.1 Å². The molecule has 0 bridgehead atoms. The Hall–Kier alpha value is -1.38. The number of carbonyl (C=O) groups is 1. The van der Waals surface area contributed by atoms with Gasteiger partial charge in [0.1, 0.15) is 0 Å². The second-order valence-corrected chi connectivity index (χ2v) is 4.10. The Morgan fingerprint density at radius 1 is 1.53 bits per heavy atom. The molecule has 15 heavy (non-hydrogen) atoms. The van der Waals surface area contributed by atoms with Gasteiger partial charge in [-0.1, -0.05) is 6.07 Å². The number of hydrogen-bond acceptors (Lipinski definition) is 2. The Balaban J connectivity index is 2.22. The minimum Gasteiger partial charge on any atom is -0.336 e. The van der Waals surface area contributed by atoms with Crippen LogP contribution in [0, 0.1) is 6.92 Å². The van der Waals surface area contributed by atoms with Gasteiger partial charge in [-0.3, -0.25) is 9.78 Å². The van der Waals surface area contributed by atoms with Gasteiger partial charge < -0.3 is 4.90 Å². The van der Waals surface area contributed by atoms with E-state index in [4.69, 9.17) is 0 Å². The number of hydrogen-bond donors (Lipinski definition) is 0. The molecule has 0 aromatic carbocycles. The highest BCUT2D eigenvalue weighted by atomic mass is 16.2. The zero-order chi connectivity index (χ0) is 10.8. The SMILES string of the molecule is CC(=O)N1CCCC1c1ccc(C)nc1. The summed E-state index contributed by atoms with van der Waals surface area (Å²) >= 11 is 0. The second kappa shape index (κ2) is 4.01. The lowest BCUT2D eigenvalue weighted by atomic mass is 10.1. The van der Waals surface area contributed by atoms with E-state index in [1.165, 1.54) is 0 Å². The second-order valence-electron chi connectivity index (χ2n) is 4.10. The molecule has 0 N–H and O–H groups in total. The Bertz CT molecular complexity index is 358. The van der Waals surface area contributed by atoms with Crippen LogP contribution in [-0.4, -0.2) is 22.3 Å². The highest BCUT2D eigenvalue weighted by molar-refractivity contribution is 5.74. The first-order valence-electron chi connectivity index (χ1n) is 5.38. The highest BCUT2D eigenvalue weighted by Gasteiger charge is 2.27. The smallest absolute Gasteiger partial charge is 0.219 e. The molecule has 0 spiro atoms. The lowest BCUT2D eigenvalue weighted by Crippen LogP contribution is -2.28. The molecule has 3 nitrogen and oxygen atoms in total. The van der Waals surface area contributed by atoms with Gasteiger partial charge >= 0.3 is 0 Å². The lowest BCUT2D eigenvalue weighted by molar-refractivity contribution is -0.129. The van der Waals surface area contributed by atoms with Crippen molar-refractivity contribution >= 4 is 5.91 Å². The highest BCUT2D eigenvalue weighted by Crippen LogP contribution is 2.31. The van der Waals surface area contributed by atoms with Crippen LogP contribution >= 0.6 is 0 Å². The largest absolute Gasteiger partial charge is 0.336 e. The maximum absolute atomic E-state index is 11.4. The van der Waals surface area contributed by atoms with E-state index in [0.717, 1.165) is 30.6 Å². The fourth-order valence-electron chi connectivity index (χ4n) is 2.17. The van der Waals surface area contributed by atoms with Gasteiger partial charge in [0.05, 0.1) is 6.04 Å². The summed E-state index contributed by atoms with van der Waals surface area (Å²) in [6, 6.07) is 4.33. The van der Waals surface area contributed by atoms with Gasteiger partial charge in [0.2, 0.25) is 5.91 Å². The van der Waals surface area contributed by atoms with E-state index in [9.17, 15) is 4.79 Å². The van der Waals surface area contributed by atoms with Gasteiger partial charge in [0, 0.05) is 25.4 Å². The van der Waals surface area contributed by atoms with Crippen LogP contribution in [-0.2, 0) is 4.79 Å². The van der Waals surface area contributed by atoms with Crippen LogP contribution in [0.3, 0.4) is 0 Å². The normalized spacial score (nSPS) is 20.7. The molecule has 80 valence electrons. The van der Waals surface area contributed by atoms with Crippen molar-refractivity contribution in [2.45, 2.75) is 32.7 Å². The third-order valence-corrected chi connectivity index (χ3v) is 2.98. The molecule has 1 saturated heterocycles. The average Bonchev–Trinajstić information content (AvgIpc) is 2.67. The molecule has 0 radical (unpaired) electrons. The van der Waals surface area contributed by atoms with Gasteiger partial charge in [-0.05, 0) is 31.4 Å². The minimum absolute atomic E-state index is 0.165. The molecule has 1 amide bonds. The van der Waals surface area contributed by atoms with E-state index >= 15 is 0 Å². The number of aromatic nitrogens is 1. The molecular formula is C12H16N2O. The quantitative estimate of drug-likeness (QED) is 0.701. The maximum atomic E-state index is 11.4. The molecular weight excluding hydrogens is 188 g/mol. The zero-order valence-electron chi connectivity index (χ0n) is 9.23. The van der Waals surface area contributed by atoms with Crippen LogP contribution in [0.1, 0.15) is 37.1 Å². The number of likely N-dealkylation sites (tertiary alicyclic amines) is 1. The average molecular weight is 204 g/mol. The molecule has 1 atom stereocenters. The van der Waals surface area contributed by atoms with Gasteiger partial charge in [-0.25, -0.2) is 0 Å². The first kappa shape index (κ1) is 10.1.